The van der Waals surface area contributed by atoms with Gasteiger partial charge in [0.05, 0.1) is 40.2 Å². The predicted molar refractivity (Wildman–Crippen MR) is 125 cm³/mol. The van der Waals surface area contributed by atoms with Gasteiger partial charge >= 0.3 is 0 Å². The summed E-state index contributed by atoms with van der Waals surface area (Å²) in [6.07, 6.45) is 0.349. The van der Waals surface area contributed by atoms with Gasteiger partial charge in [-0.05, 0) is 42.5 Å². The molecule has 2 unspecified atom stereocenters. The molecule has 5 rings (SSSR count). The van der Waals surface area contributed by atoms with Gasteiger partial charge in [0.15, 0.2) is 23.0 Å². The summed E-state index contributed by atoms with van der Waals surface area (Å²) in [5.41, 5.74) is 4.01. The summed E-state index contributed by atoms with van der Waals surface area (Å²) < 4.78 is 28.3. The lowest BCUT2D eigenvalue weighted by molar-refractivity contribution is -0.0191. The maximum atomic E-state index is 6.45. The van der Waals surface area contributed by atoms with Crippen LogP contribution < -0.4 is 23.7 Å². The summed E-state index contributed by atoms with van der Waals surface area (Å²) in [7, 11) is 6.52. The fraction of sp³-hybridized carbons (Fsp3) is 0.269. The van der Waals surface area contributed by atoms with Gasteiger partial charge in [-0.1, -0.05) is 18.2 Å². The lowest BCUT2D eigenvalue weighted by Gasteiger charge is -2.38. The third-order valence-electron chi connectivity index (χ3n) is 6.11. The molecule has 2 aliphatic rings. The predicted octanol–water partition coefficient (Wildman–Crippen LogP) is 4.96. The van der Waals surface area contributed by atoms with E-state index in [2.05, 4.69) is 6.07 Å². The monoisotopic (exact) mass is 446 g/mol. The van der Waals surface area contributed by atoms with E-state index >= 15 is 0 Å². The molecule has 0 fully saturated rings. The first-order chi connectivity index (χ1) is 16.2. The zero-order chi connectivity index (χ0) is 22.9. The molecule has 0 aliphatic carbocycles. The van der Waals surface area contributed by atoms with Crippen molar-refractivity contribution in [2.45, 2.75) is 18.7 Å². The lowest BCUT2D eigenvalue weighted by atomic mass is 9.95. The van der Waals surface area contributed by atoms with Gasteiger partial charge in [0.1, 0.15) is 5.75 Å². The van der Waals surface area contributed by atoms with Gasteiger partial charge in [0, 0.05) is 23.1 Å². The van der Waals surface area contributed by atoms with E-state index < -0.39 is 6.23 Å². The molecule has 0 bridgehead atoms. The molecule has 0 radical (unpaired) electrons. The molecule has 0 N–H and O–H groups in total. The number of rotatable bonds is 6. The quantitative estimate of drug-likeness (QED) is 0.533. The molecule has 3 aromatic rings. The minimum absolute atomic E-state index is 0.0520. The Balaban J connectivity index is 1.57. The molecule has 2 aliphatic heterocycles. The van der Waals surface area contributed by atoms with Crippen molar-refractivity contribution in [1.82, 2.24) is 5.01 Å². The second-order valence-electron chi connectivity index (χ2n) is 7.84. The number of benzene rings is 3. The van der Waals surface area contributed by atoms with E-state index in [-0.39, 0.29) is 6.04 Å². The van der Waals surface area contributed by atoms with E-state index in [9.17, 15) is 0 Å². The molecule has 0 saturated carbocycles. The van der Waals surface area contributed by atoms with Gasteiger partial charge in [0.2, 0.25) is 6.23 Å². The van der Waals surface area contributed by atoms with Crippen molar-refractivity contribution in [3.05, 3.63) is 77.4 Å². The van der Waals surface area contributed by atoms with Crippen LogP contribution in [0, 0.1) is 0 Å². The molecular weight excluding hydrogens is 420 g/mol. The van der Waals surface area contributed by atoms with Crippen molar-refractivity contribution < 1.29 is 23.7 Å². The molecule has 33 heavy (non-hydrogen) atoms. The first-order valence-electron chi connectivity index (χ1n) is 10.7. The lowest BCUT2D eigenvalue weighted by Crippen LogP contribution is -2.33. The van der Waals surface area contributed by atoms with Crippen LogP contribution in [0.4, 0.5) is 0 Å². The largest absolute Gasteiger partial charge is 0.493 e. The van der Waals surface area contributed by atoms with Crippen molar-refractivity contribution in [2.24, 2.45) is 5.10 Å². The van der Waals surface area contributed by atoms with Crippen molar-refractivity contribution in [1.29, 1.82) is 0 Å². The van der Waals surface area contributed by atoms with Gasteiger partial charge in [-0.2, -0.15) is 5.10 Å². The summed E-state index contributed by atoms with van der Waals surface area (Å²) >= 11 is 0. The van der Waals surface area contributed by atoms with E-state index in [0.717, 1.165) is 34.6 Å². The Morgan fingerprint density at radius 1 is 0.788 bits per heavy atom. The van der Waals surface area contributed by atoms with Crippen LogP contribution in [0.25, 0.3) is 0 Å². The Morgan fingerprint density at radius 2 is 1.45 bits per heavy atom. The minimum Gasteiger partial charge on any atom is -0.493 e. The molecule has 170 valence electrons. The third-order valence-corrected chi connectivity index (χ3v) is 6.11. The van der Waals surface area contributed by atoms with E-state index in [1.807, 2.05) is 59.6 Å². The highest BCUT2D eigenvalue weighted by molar-refractivity contribution is 6.02. The Labute approximate surface area is 193 Å². The average molecular weight is 447 g/mol. The first kappa shape index (κ1) is 21.0. The Morgan fingerprint density at radius 3 is 2.18 bits per heavy atom. The van der Waals surface area contributed by atoms with Gasteiger partial charge in [-0.25, -0.2) is 5.01 Å². The normalized spacial score (nSPS) is 18.5. The van der Waals surface area contributed by atoms with E-state index in [1.54, 1.807) is 28.4 Å². The summed E-state index contributed by atoms with van der Waals surface area (Å²) in [6.45, 7) is 0. The maximum Gasteiger partial charge on any atom is 0.214 e. The Bertz CT molecular complexity index is 1210. The fourth-order valence-electron chi connectivity index (χ4n) is 4.45. The van der Waals surface area contributed by atoms with E-state index in [1.165, 1.54) is 0 Å². The summed E-state index contributed by atoms with van der Waals surface area (Å²) in [4.78, 5) is 0. The molecule has 0 spiro atoms. The molecular formula is C26H26N2O5. The number of nitrogens with zero attached hydrogens (tertiary/aromatic N) is 2. The van der Waals surface area contributed by atoms with Crippen LogP contribution in [-0.2, 0) is 0 Å². The molecule has 7 nitrogen and oxygen atoms in total. The smallest absolute Gasteiger partial charge is 0.214 e. The van der Waals surface area contributed by atoms with E-state index in [4.69, 9.17) is 28.8 Å². The number of fused-ring (bicyclic) bond motifs is 3. The molecule has 3 aromatic carbocycles. The zero-order valence-corrected chi connectivity index (χ0v) is 19.1. The van der Waals surface area contributed by atoms with Crippen LogP contribution in [0.5, 0.6) is 28.7 Å². The third kappa shape index (κ3) is 3.59. The van der Waals surface area contributed by atoms with Crippen LogP contribution in [0.15, 0.2) is 65.8 Å². The van der Waals surface area contributed by atoms with Gasteiger partial charge < -0.3 is 23.7 Å². The number of methoxy groups -OCH3 is 4. The highest BCUT2D eigenvalue weighted by Crippen LogP contribution is 2.48. The SMILES string of the molecule is COc1ccc(C2=NN3C(C2)c2ccccc2OC3c2ccc(OC)c(OC)c2)cc1OC. The molecule has 7 heteroatoms. The molecule has 0 amide bonds. The topological polar surface area (TPSA) is 61.8 Å². The molecule has 2 heterocycles. The van der Waals surface area contributed by atoms with Crippen LogP contribution >= 0.6 is 0 Å². The number of ether oxygens (including phenoxy) is 5. The van der Waals surface area contributed by atoms with Crippen molar-refractivity contribution in [3.8, 4) is 28.7 Å². The van der Waals surface area contributed by atoms with Crippen LogP contribution in [0.2, 0.25) is 0 Å². The second kappa shape index (κ2) is 8.58. The standard InChI is InChI=1S/C26H26N2O5/c1-29-22-11-9-16(13-24(22)31-3)19-15-20-18-7-5-6-8-21(18)33-26(28(20)27-19)17-10-12-23(30-2)25(14-17)32-4/h5-14,20,26H,15H2,1-4H3. The summed E-state index contributed by atoms with van der Waals surface area (Å²) in [5.74, 6) is 3.55. The van der Waals surface area contributed by atoms with E-state index in [0.29, 0.717) is 23.0 Å². The highest BCUT2D eigenvalue weighted by Gasteiger charge is 2.41. The average Bonchev–Trinajstić information content (AvgIpc) is 3.33. The van der Waals surface area contributed by atoms with Gasteiger partial charge in [-0.3, -0.25) is 0 Å². The van der Waals surface area contributed by atoms with Crippen LogP contribution in [0.1, 0.15) is 35.4 Å². The van der Waals surface area contributed by atoms with Gasteiger partial charge in [-0.15, -0.1) is 0 Å². The number of para-hydroxylation sites is 1. The Hall–Kier alpha value is -3.87. The van der Waals surface area contributed by atoms with Crippen molar-refractivity contribution >= 4 is 5.71 Å². The van der Waals surface area contributed by atoms with Crippen molar-refractivity contribution in [3.63, 3.8) is 0 Å². The number of hydrogen-bond donors (Lipinski definition) is 0. The minimum atomic E-state index is -0.401. The second-order valence-corrected chi connectivity index (χ2v) is 7.84. The maximum absolute atomic E-state index is 6.45. The first-order valence-corrected chi connectivity index (χ1v) is 10.7. The summed E-state index contributed by atoms with van der Waals surface area (Å²) in [6, 6.07) is 19.9. The molecule has 0 aromatic heterocycles. The number of hydrazone groups is 1. The van der Waals surface area contributed by atoms with Crippen LogP contribution in [-0.4, -0.2) is 39.2 Å². The zero-order valence-electron chi connectivity index (χ0n) is 19.1. The molecule has 2 atom stereocenters. The number of hydrogen-bond acceptors (Lipinski definition) is 7. The summed E-state index contributed by atoms with van der Waals surface area (Å²) in [5, 5.41) is 7.06. The Kier molecular flexibility index (Phi) is 5.46. The van der Waals surface area contributed by atoms with Gasteiger partial charge in [0.25, 0.3) is 0 Å². The fourth-order valence-corrected chi connectivity index (χ4v) is 4.45. The van der Waals surface area contributed by atoms with Crippen LogP contribution in [0.3, 0.4) is 0 Å². The van der Waals surface area contributed by atoms with Crippen molar-refractivity contribution in [2.75, 3.05) is 28.4 Å². The highest BCUT2D eigenvalue weighted by atomic mass is 16.5. The molecule has 0 saturated heterocycles.